The molecule has 0 aliphatic rings. The molecule has 0 atom stereocenters. The third-order valence-electron chi connectivity index (χ3n) is 6.49. The maximum absolute atomic E-state index is 13.7. The molecule has 0 bridgehead atoms. The van der Waals surface area contributed by atoms with E-state index in [-0.39, 0.29) is 16.3 Å². The van der Waals surface area contributed by atoms with Crippen LogP contribution in [0.15, 0.2) is 88.9 Å². The summed E-state index contributed by atoms with van der Waals surface area (Å²) in [6, 6.07) is 21.4. The van der Waals surface area contributed by atoms with Gasteiger partial charge in [-0.15, -0.1) is 0 Å². The normalized spacial score (nSPS) is 11.4. The Morgan fingerprint density at radius 2 is 1.73 bits per heavy atom. The van der Waals surface area contributed by atoms with Crippen LogP contribution in [0, 0.1) is 30.9 Å². The smallest absolute Gasteiger partial charge is 0.273 e. The second-order valence-electron chi connectivity index (χ2n) is 9.21. The number of aromatic nitrogens is 1. The molecule has 3 aromatic carbocycles. The Bertz CT molecular complexity index is 1710. The van der Waals surface area contributed by atoms with Crippen molar-refractivity contribution in [3.63, 3.8) is 0 Å². The molecule has 212 valence electrons. The summed E-state index contributed by atoms with van der Waals surface area (Å²) in [6.07, 6.45) is 1.50. The summed E-state index contributed by atoms with van der Waals surface area (Å²) in [5.41, 5.74) is 6.18. The largest absolute Gasteiger partial charge is 0.497 e. The first kappa shape index (κ1) is 29.0. The third-order valence-corrected chi connectivity index (χ3v) is 8.26. The van der Waals surface area contributed by atoms with Gasteiger partial charge < -0.3 is 9.30 Å². The topological polar surface area (TPSA) is 136 Å². The highest BCUT2D eigenvalue weighted by atomic mass is 32.2. The number of amides is 1. The first-order chi connectivity index (χ1) is 19.5. The van der Waals surface area contributed by atoms with E-state index in [1.54, 1.807) is 12.1 Å². The van der Waals surface area contributed by atoms with Gasteiger partial charge in [-0.05, 0) is 69.3 Å². The van der Waals surface area contributed by atoms with Crippen LogP contribution < -0.4 is 14.5 Å². The van der Waals surface area contributed by atoms with Gasteiger partial charge in [-0.25, -0.2) is 13.8 Å². The maximum Gasteiger partial charge on any atom is 0.273 e. The molecule has 0 unspecified atom stereocenters. The molecular formula is C29H29N5O6S. The summed E-state index contributed by atoms with van der Waals surface area (Å²) >= 11 is 0. The van der Waals surface area contributed by atoms with E-state index in [2.05, 4.69) is 15.1 Å². The summed E-state index contributed by atoms with van der Waals surface area (Å²) in [4.78, 5) is 23.4. The van der Waals surface area contributed by atoms with Gasteiger partial charge in [0.2, 0.25) is 0 Å². The molecule has 0 saturated carbocycles. The number of sulfonamides is 1. The first-order valence-electron chi connectivity index (χ1n) is 12.5. The monoisotopic (exact) mass is 575 g/mol. The number of ether oxygens (including phenoxy) is 1. The van der Waals surface area contributed by atoms with E-state index in [1.165, 1.54) is 44.5 Å². The number of carbonyl (C=O) groups is 1. The minimum absolute atomic E-state index is 0.166. The molecule has 0 spiro atoms. The highest BCUT2D eigenvalue weighted by molar-refractivity contribution is 7.92. The lowest BCUT2D eigenvalue weighted by molar-refractivity contribution is -0.385. The predicted octanol–water partition coefficient (Wildman–Crippen LogP) is 4.66. The van der Waals surface area contributed by atoms with Crippen molar-refractivity contribution in [2.24, 2.45) is 5.10 Å². The van der Waals surface area contributed by atoms with E-state index >= 15 is 0 Å². The van der Waals surface area contributed by atoms with Gasteiger partial charge in [-0.2, -0.15) is 5.10 Å². The fourth-order valence-corrected chi connectivity index (χ4v) is 5.81. The number of hydrogen-bond donors (Lipinski definition) is 1. The van der Waals surface area contributed by atoms with Gasteiger partial charge in [-0.3, -0.25) is 19.2 Å². The predicted molar refractivity (Wildman–Crippen MR) is 156 cm³/mol. The molecule has 11 nitrogen and oxygen atoms in total. The molecule has 1 aromatic heterocycles. The van der Waals surface area contributed by atoms with E-state index in [0.717, 1.165) is 33.0 Å². The van der Waals surface area contributed by atoms with Crippen molar-refractivity contribution in [1.82, 2.24) is 9.99 Å². The highest BCUT2D eigenvalue weighted by Crippen LogP contribution is 2.29. The number of aryl methyl sites for hydroxylation is 2. The minimum Gasteiger partial charge on any atom is -0.497 e. The van der Waals surface area contributed by atoms with Gasteiger partial charge in [0, 0.05) is 34.3 Å². The summed E-state index contributed by atoms with van der Waals surface area (Å²) in [6.45, 7) is 4.78. The third kappa shape index (κ3) is 6.28. The Hall–Kier alpha value is -4.97. The zero-order chi connectivity index (χ0) is 29.7. The minimum atomic E-state index is -4.39. The molecule has 0 aliphatic heterocycles. The van der Waals surface area contributed by atoms with Crippen LogP contribution in [-0.4, -0.2) is 43.7 Å². The molecule has 12 heteroatoms. The number of hydrogen-bond acceptors (Lipinski definition) is 7. The van der Waals surface area contributed by atoms with Crippen molar-refractivity contribution in [2.45, 2.75) is 25.7 Å². The van der Waals surface area contributed by atoms with E-state index in [4.69, 9.17) is 4.74 Å². The van der Waals surface area contributed by atoms with Crippen LogP contribution >= 0.6 is 0 Å². The van der Waals surface area contributed by atoms with Crippen molar-refractivity contribution in [3.8, 4) is 11.4 Å². The molecule has 0 fully saturated rings. The second kappa shape index (κ2) is 12.0. The van der Waals surface area contributed by atoms with Gasteiger partial charge in [0.1, 0.15) is 12.3 Å². The van der Waals surface area contributed by atoms with Crippen LogP contribution in [0.25, 0.3) is 5.69 Å². The van der Waals surface area contributed by atoms with Crippen LogP contribution in [0.1, 0.15) is 22.5 Å². The molecule has 0 saturated heterocycles. The summed E-state index contributed by atoms with van der Waals surface area (Å²) < 4.78 is 35.4. The molecule has 4 rings (SSSR count). The quantitative estimate of drug-likeness (QED) is 0.166. The molecule has 1 amide bonds. The van der Waals surface area contributed by atoms with Gasteiger partial charge in [-0.1, -0.05) is 24.3 Å². The Morgan fingerprint density at radius 1 is 1.05 bits per heavy atom. The fraction of sp³-hybridized carbons (Fsp3) is 0.172. The lowest BCUT2D eigenvalue weighted by Gasteiger charge is -2.24. The number of hydrazone groups is 1. The van der Waals surface area contributed by atoms with Crippen LogP contribution in [0.4, 0.5) is 11.4 Å². The van der Waals surface area contributed by atoms with E-state index < -0.39 is 27.4 Å². The average Bonchev–Trinajstić information content (AvgIpc) is 3.24. The molecule has 0 aliphatic carbocycles. The summed E-state index contributed by atoms with van der Waals surface area (Å²) in [7, 11) is -2.92. The number of methoxy groups -OCH3 is 1. The molecular weight excluding hydrogens is 546 g/mol. The SMILES string of the molecule is COc1ccc(N(CC(=O)N/N=C/c2cc(C)n(-c3ccccc3)c2C)S(=O)(=O)c2ccc(C)c([N+](=O)[O-])c2)cc1. The lowest BCUT2D eigenvalue weighted by atomic mass is 10.2. The van der Waals surface area contributed by atoms with E-state index in [9.17, 15) is 23.3 Å². The van der Waals surface area contributed by atoms with Crippen LogP contribution in [0.5, 0.6) is 5.75 Å². The number of nitro benzene ring substituents is 1. The average molecular weight is 576 g/mol. The van der Waals surface area contributed by atoms with Gasteiger partial charge >= 0.3 is 0 Å². The zero-order valence-electron chi connectivity index (χ0n) is 22.9. The van der Waals surface area contributed by atoms with Crippen molar-refractivity contribution in [1.29, 1.82) is 0 Å². The van der Waals surface area contributed by atoms with Crippen molar-refractivity contribution < 1.29 is 22.9 Å². The Kier molecular flexibility index (Phi) is 8.53. The Morgan fingerprint density at radius 3 is 2.37 bits per heavy atom. The standard InChI is InChI=1S/C29H29N5O6S/c1-20-10-15-27(17-28(20)34(36)37)41(38,39)32(24-11-13-26(40-4)14-12-24)19-29(35)31-30-18-23-16-21(2)33(22(23)3)25-8-6-5-7-9-25/h5-18H,19H2,1-4H3,(H,31,35)/b30-18+. The maximum atomic E-state index is 13.7. The van der Waals surface area contributed by atoms with Crippen molar-refractivity contribution in [2.75, 3.05) is 18.0 Å². The summed E-state index contributed by atoms with van der Waals surface area (Å²) in [5.74, 6) is -0.224. The molecule has 4 aromatic rings. The van der Waals surface area contributed by atoms with E-state index in [0.29, 0.717) is 11.3 Å². The van der Waals surface area contributed by atoms with Gasteiger partial charge in [0.25, 0.3) is 21.6 Å². The van der Waals surface area contributed by atoms with Crippen LogP contribution in [-0.2, 0) is 14.8 Å². The second-order valence-corrected chi connectivity index (χ2v) is 11.1. The number of para-hydroxylation sites is 1. The van der Waals surface area contributed by atoms with Crippen molar-refractivity contribution >= 4 is 33.5 Å². The zero-order valence-corrected chi connectivity index (χ0v) is 23.8. The molecule has 1 N–H and O–H groups in total. The molecule has 1 heterocycles. The van der Waals surface area contributed by atoms with Crippen LogP contribution in [0.3, 0.4) is 0 Å². The number of nitrogens with zero attached hydrogens (tertiary/aromatic N) is 4. The first-order valence-corrected chi connectivity index (χ1v) is 13.9. The van der Waals surface area contributed by atoms with Crippen molar-refractivity contribution in [3.05, 3.63) is 111 Å². The molecule has 0 radical (unpaired) electrons. The van der Waals surface area contributed by atoms with Crippen LogP contribution in [0.2, 0.25) is 0 Å². The number of rotatable bonds is 10. The van der Waals surface area contributed by atoms with Gasteiger partial charge in [0.05, 0.1) is 28.8 Å². The van der Waals surface area contributed by atoms with Gasteiger partial charge in [0.15, 0.2) is 0 Å². The molecule has 41 heavy (non-hydrogen) atoms. The number of carbonyl (C=O) groups excluding carboxylic acids is 1. The number of nitrogens with one attached hydrogen (secondary N) is 1. The summed E-state index contributed by atoms with van der Waals surface area (Å²) in [5, 5.41) is 15.5. The highest BCUT2D eigenvalue weighted by Gasteiger charge is 2.29. The fourth-order valence-electron chi connectivity index (χ4n) is 4.37. The Labute approximate surface area is 237 Å². The number of anilines is 1. The number of benzene rings is 3. The lowest BCUT2D eigenvalue weighted by Crippen LogP contribution is -2.39. The Balaban J connectivity index is 1.60. The number of nitro groups is 1. The van der Waals surface area contributed by atoms with E-state index in [1.807, 2.05) is 50.2 Å².